The van der Waals surface area contributed by atoms with E-state index in [1.54, 1.807) is 0 Å². The highest BCUT2D eigenvalue weighted by Crippen LogP contribution is 2.16. The molecule has 0 saturated carbocycles. The third-order valence-corrected chi connectivity index (χ3v) is 9.21. The van der Waals surface area contributed by atoms with Crippen LogP contribution < -0.4 is 5.32 Å². The van der Waals surface area contributed by atoms with E-state index in [4.69, 9.17) is 0 Å². The third-order valence-electron chi connectivity index (χ3n) is 9.21. The summed E-state index contributed by atoms with van der Waals surface area (Å²) in [5.41, 5.74) is 0. The van der Waals surface area contributed by atoms with Crippen molar-refractivity contribution < 1.29 is 20.1 Å². The van der Waals surface area contributed by atoms with Crippen molar-refractivity contribution in [1.82, 2.24) is 5.32 Å². The van der Waals surface area contributed by atoms with E-state index >= 15 is 0 Å². The lowest BCUT2D eigenvalue weighted by atomic mass is 9.99. The van der Waals surface area contributed by atoms with E-state index in [1.807, 2.05) is 0 Å². The highest BCUT2D eigenvalue weighted by atomic mass is 16.3. The summed E-state index contributed by atoms with van der Waals surface area (Å²) >= 11 is 0. The molecule has 0 unspecified atom stereocenters. The Morgan fingerprint density at radius 1 is 0.488 bits per heavy atom. The highest BCUT2D eigenvalue weighted by molar-refractivity contribution is 5.76. The first-order chi connectivity index (χ1) is 21.1. The predicted molar refractivity (Wildman–Crippen MR) is 186 cm³/mol. The van der Waals surface area contributed by atoms with Gasteiger partial charge in [0.1, 0.15) is 6.10 Å². The average Bonchev–Trinajstić information content (AvgIpc) is 3.01. The molecule has 0 rings (SSSR count). The van der Waals surface area contributed by atoms with Crippen molar-refractivity contribution in [3.8, 4) is 0 Å². The number of rotatable bonds is 35. The van der Waals surface area contributed by atoms with Crippen molar-refractivity contribution in [2.75, 3.05) is 6.61 Å². The van der Waals surface area contributed by atoms with Gasteiger partial charge in [-0.05, 0) is 12.8 Å². The zero-order chi connectivity index (χ0) is 31.6. The van der Waals surface area contributed by atoms with Gasteiger partial charge in [0.05, 0.1) is 18.8 Å². The van der Waals surface area contributed by atoms with Crippen LogP contribution in [0.4, 0.5) is 0 Å². The van der Waals surface area contributed by atoms with Crippen LogP contribution in [0.2, 0.25) is 0 Å². The first kappa shape index (κ1) is 42.3. The minimum atomic E-state index is -1.13. The number of carbonyl (C=O) groups is 1. The number of carbonyl (C=O) groups excluding carboxylic acids is 1. The molecule has 0 bridgehead atoms. The molecule has 0 saturated heterocycles. The normalized spacial score (nSPS) is 13.7. The lowest BCUT2D eigenvalue weighted by Crippen LogP contribution is -2.50. The van der Waals surface area contributed by atoms with Gasteiger partial charge in [0.15, 0.2) is 0 Å². The van der Waals surface area contributed by atoms with Gasteiger partial charge in [-0.2, -0.15) is 0 Å². The molecule has 0 aliphatic carbocycles. The Morgan fingerprint density at radius 3 is 1.12 bits per heavy atom. The van der Waals surface area contributed by atoms with E-state index in [-0.39, 0.29) is 12.5 Å². The molecule has 4 N–H and O–H groups in total. The summed E-state index contributed by atoms with van der Waals surface area (Å²) < 4.78 is 0. The highest BCUT2D eigenvalue weighted by Gasteiger charge is 2.26. The van der Waals surface area contributed by atoms with Crippen molar-refractivity contribution in [1.29, 1.82) is 0 Å². The number of unbranched alkanes of at least 4 members (excludes halogenated alkanes) is 27. The molecule has 0 aromatic heterocycles. The quantitative estimate of drug-likeness (QED) is 0.0537. The van der Waals surface area contributed by atoms with Gasteiger partial charge in [-0.15, -0.1) is 0 Å². The Labute approximate surface area is 268 Å². The molecule has 3 atom stereocenters. The number of aliphatic hydroxyl groups excluding tert-OH is 3. The summed E-state index contributed by atoms with van der Waals surface area (Å²) in [4.78, 5) is 12.3. The Bertz CT molecular complexity index is 558. The number of hydrogen-bond acceptors (Lipinski definition) is 4. The zero-order valence-electron chi connectivity index (χ0n) is 29.1. The van der Waals surface area contributed by atoms with Crippen molar-refractivity contribution in [2.24, 2.45) is 0 Å². The van der Waals surface area contributed by atoms with Crippen LogP contribution in [0.3, 0.4) is 0 Å². The second-order valence-electron chi connectivity index (χ2n) is 13.5. The van der Waals surface area contributed by atoms with Gasteiger partial charge in [-0.1, -0.05) is 194 Å². The van der Waals surface area contributed by atoms with Gasteiger partial charge in [-0.3, -0.25) is 4.79 Å². The number of nitrogens with one attached hydrogen (secondary N) is 1. The minimum Gasteiger partial charge on any atom is -0.394 e. The molecule has 5 nitrogen and oxygen atoms in total. The van der Waals surface area contributed by atoms with E-state index in [9.17, 15) is 20.1 Å². The Hall–Kier alpha value is -0.650. The van der Waals surface area contributed by atoms with Gasteiger partial charge in [0.25, 0.3) is 0 Å². The van der Waals surface area contributed by atoms with Crippen LogP contribution >= 0.6 is 0 Å². The van der Waals surface area contributed by atoms with E-state index in [2.05, 4.69) is 19.2 Å². The Balaban J connectivity index is 3.57. The standard InChI is InChI=1S/C38H77NO4/c1-3-5-7-9-11-13-14-15-16-17-18-19-20-21-22-23-25-27-29-31-33-37(42)39-35(34-40)38(43)36(41)32-30-28-26-24-12-10-8-6-4-2/h35-36,38,40-41,43H,3-34H2,1-2H3,(H,39,42)/t35-,36+,38-/m0/s1. The summed E-state index contributed by atoms with van der Waals surface area (Å²) in [6, 6.07) is -0.800. The van der Waals surface area contributed by atoms with E-state index in [0.717, 1.165) is 38.5 Å². The molecule has 0 aliphatic heterocycles. The molecule has 0 aliphatic rings. The van der Waals surface area contributed by atoms with E-state index < -0.39 is 18.2 Å². The molecule has 1 amide bonds. The minimum absolute atomic E-state index is 0.143. The first-order valence-electron chi connectivity index (χ1n) is 19.3. The van der Waals surface area contributed by atoms with Crippen LogP contribution in [0, 0.1) is 0 Å². The molecule has 0 spiro atoms. The maximum absolute atomic E-state index is 12.3. The lowest BCUT2D eigenvalue weighted by Gasteiger charge is -2.26. The predicted octanol–water partition coefficient (Wildman–Crippen LogP) is 10.3. The van der Waals surface area contributed by atoms with E-state index in [1.165, 1.54) is 148 Å². The molecular formula is C38H77NO4. The van der Waals surface area contributed by atoms with Crippen LogP contribution in [-0.4, -0.2) is 46.1 Å². The fourth-order valence-electron chi connectivity index (χ4n) is 6.16. The molecular weight excluding hydrogens is 534 g/mol. The molecule has 258 valence electrons. The van der Waals surface area contributed by atoms with Crippen LogP contribution in [0.15, 0.2) is 0 Å². The number of amides is 1. The second kappa shape index (κ2) is 34.2. The van der Waals surface area contributed by atoms with Crippen molar-refractivity contribution >= 4 is 5.91 Å². The average molecular weight is 612 g/mol. The smallest absolute Gasteiger partial charge is 0.220 e. The fraction of sp³-hybridized carbons (Fsp3) is 0.974. The van der Waals surface area contributed by atoms with Gasteiger partial charge in [0, 0.05) is 6.42 Å². The molecule has 0 aromatic carbocycles. The summed E-state index contributed by atoms with van der Waals surface area (Å²) in [5, 5.41) is 33.3. The number of hydrogen-bond donors (Lipinski definition) is 4. The Kier molecular flexibility index (Phi) is 33.7. The van der Waals surface area contributed by atoms with Crippen molar-refractivity contribution in [3.05, 3.63) is 0 Å². The first-order valence-corrected chi connectivity index (χ1v) is 19.3. The van der Waals surface area contributed by atoms with Crippen LogP contribution in [-0.2, 0) is 4.79 Å². The fourth-order valence-corrected chi connectivity index (χ4v) is 6.16. The maximum atomic E-state index is 12.3. The lowest BCUT2D eigenvalue weighted by molar-refractivity contribution is -0.124. The second-order valence-corrected chi connectivity index (χ2v) is 13.5. The monoisotopic (exact) mass is 612 g/mol. The van der Waals surface area contributed by atoms with Crippen molar-refractivity contribution in [3.63, 3.8) is 0 Å². The summed E-state index contributed by atoms with van der Waals surface area (Å²) in [6.07, 6.45) is 36.4. The van der Waals surface area contributed by atoms with Crippen LogP contribution in [0.5, 0.6) is 0 Å². The molecule has 5 heteroatoms. The molecule has 0 heterocycles. The van der Waals surface area contributed by atoms with Gasteiger partial charge in [-0.25, -0.2) is 0 Å². The van der Waals surface area contributed by atoms with Gasteiger partial charge >= 0.3 is 0 Å². The van der Waals surface area contributed by atoms with Crippen molar-refractivity contribution in [2.45, 2.75) is 231 Å². The molecule has 0 aromatic rings. The zero-order valence-corrected chi connectivity index (χ0v) is 29.1. The third kappa shape index (κ3) is 29.8. The molecule has 43 heavy (non-hydrogen) atoms. The number of aliphatic hydroxyl groups is 3. The van der Waals surface area contributed by atoms with Gasteiger partial charge < -0.3 is 20.6 Å². The topological polar surface area (TPSA) is 89.8 Å². The van der Waals surface area contributed by atoms with E-state index in [0.29, 0.717) is 12.8 Å². The summed E-state index contributed by atoms with van der Waals surface area (Å²) in [5.74, 6) is -0.143. The largest absolute Gasteiger partial charge is 0.394 e. The molecule has 0 fully saturated rings. The SMILES string of the molecule is CCCCCCCCCCCCCCCCCCCCCCC(=O)N[C@@H](CO)[C@H](O)[C@H](O)CCCCCCCCCCC. The summed E-state index contributed by atoms with van der Waals surface area (Å²) in [7, 11) is 0. The van der Waals surface area contributed by atoms with Gasteiger partial charge in [0.2, 0.25) is 5.91 Å². The Morgan fingerprint density at radius 2 is 0.791 bits per heavy atom. The molecule has 0 radical (unpaired) electrons. The summed E-state index contributed by atoms with van der Waals surface area (Å²) in [6.45, 7) is 4.16. The van der Waals surface area contributed by atoms with Crippen LogP contribution in [0.25, 0.3) is 0 Å². The maximum Gasteiger partial charge on any atom is 0.220 e. The van der Waals surface area contributed by atoms with Crippen LogP contribution in [0.1, 0.15) is 213 Å².